The van der Waals surface area contributed by atoms with Gasteiger partial charge in [-0.1, -0.05) is 80.7 Å². The van der Waals surface area contributed by atoms with Crippen LogP contribution in [0.25, 0.3) is 32.6 Å². The van der Waals surface area contributed by atoms with E-state index >= 15 is 0 Å². The van der Waals surface area contributed by atoms with E-state index in [0.29, 0.717) is 22.6 Å². The van der Waals surface area contributed by atoms with Gasteiger partial charge in [-0.15, -0.1) is 0 Å². The molecule has 0 aliphatic carbocycles. The van der Waals surface area contributed by atoms with E-state index in [9.17, 15) is 27.2 Å². The Hall–Kier alpha value is -5.51. The predicted octanol–water partition coefficient (Wildman–Crippen LogP) is 12.5. The number of halogens is 4. The molecule has 0 saturated heterocycles. The third-order valence-electron chi connectivity index (χ3n) is 11.7. The van der Waals surface area contributed by atoms with Gasteiger partial charge in [-0.3, -0.25) is 4.79 Å². The Morgan fingerprint density at radius 3 is 2.05 bits per heavy atom. The molecule has 1 aromatic heterocycles. The summed E-state index contributed by atoms with van der Waals surface area (Å²) in [5.74, 6) is -4.98. The van der Waals surface area contributed by atoms with Crippen molar-refractivity contribution in [3.8, 4) is 5.75 Å². The second kappa shape index (κ2) is 17.1. The molecule has 304 valence electrons. The fraction of sp³-hybridized carbons (Fsp3) is 0.354. The van der Waals surface area contributed by atoms with Gasteiger partial charge in [0.05, 0.1) is 5.52 Å². The van der Waals surface area contributed by atoms with Crippen molar-refractivity contribution in [3.05, 3.63) is 123 Å². The summed E-state index contributed by atoms with van der Waals surface area (Å²) >= 11 is 0. The van der Waals surface area contributed by atoms with E-state index in [0.717, 1.165) is 92.6 Å². The maximum absolute atomic E-state index is 15.0. The van der Waals surface area contributed by atoms with Crippen molar-refractivity contribution in [2.75, 3.05) is 6.61 Å². The Morgan fingerprint density at radius 2 is 1.41 bits per heavy atom. The van der Waals surface area contributed by atoms with Gasteiger partial charge in [0.1, 0.15) is 11.5 Å². The minimum Gasteiger partial charge on any atom is -0.486 e. The summed E-state index contributed by atoms with van der Waals surface area (Å²) in [6, 6.07) is 21.6. The topological polar surface area (TPSA) is 69.9 Å². The van der Waals surface area contributed by atoms with Crippen LogP contribution in [-0.4, -0.2) is 41.0 Å². The van der Waals surface area contributed by atoms with Gasteiger partial charge in [0, 0.05) is 57.4 Å². The van der Waals surface area contributed by atoms with Crippen molar-refractivity contribution in [3.63, 3.8) is 0 Å². The van der Waals surface area contributed by atoms with E-state index in [4.69, 9.17) is 9.57 Å². The van der Waals surface area contributed by atoms with Crippen molar-refractivity contribution < 1.29 is 36.7 Å². The van der Waals surface area contributed by atoms with Crippen LogP contribution in [0.1, 0.15) is 101 Å². The number of hydrogen-bond acceptors (Lipinski definition) is 5. The lowest BCUT2D eigenvalue weighted by Gasteiger charge is -2.20. The second-order valence-electron chi connectivity index (χ2n) is 15.3. The van der Waals surface area contributed by atoms with Crippen molar-refractivity contribution in [1.29, 1.82) is 0 Å². The summed E-state index contributed by atoms with van der Waals surface area (Å²) in [7, 11) is 0. The number of unbranched alkanes of at least 4 members (excludes halogenated alkanes) is 1. The molecule has 0 aliphatic heterocycles. The number of aromatic nitrogens is 1. The molecule has 0 N–H and O–H groups in total. The number of nitrogens with zero attached hydrogens (tertiary/aromatic N) is 2. The molecular weight excluding hydrogens is 745 g/mol. The van der Waals surface area contributed by atoms with Gasteiger partial charge in [-0.25, -0.2) is 13.6 Å². The number of para-hydroxylation sites is 1. The first-order chi connectivity index (χ1) is 27.6. The van der Waals surface area contributed by atoms with Crippen LogP contribution in [-0.2, 0) is 16.2 Å². The van der Waals surface area contributed by atoms with E-state index in [1.165, 1.54) is 25.1 Å². The summed E-state index contributed by atoms with van der Waals surface area (Å²) in [4.78, 5) is 32.2. The molecule has 5 aromatic carbocycles. The molecule has 0 spiro atoms. The summed E-state index contributed by atoms with van der Waals surface area (Å²) in [6.07, 6.45) is 0.259. The quantitative estimate of drug-likeness (QED) is 0.0341. The average molecular weight is 795 g/mol. The summed E-state index contributed by atoms with van der Waals surface area (Å²) in [6.45, 7) is 14.9. The predicted molar refractivity (Wildman–Crippen MR) is 224 cm³/mol. The van der Waals surface area contributed by atoms with Crippen LogP contribution >= 0.6 is 0 Å². The third-order valence-corrected chi connectivity index (χ3v) is 11.7. The molecule has 0 radical (unpaired) electrons. The van der Waals surface area contributed by atoms with Gasteiger partial charge in [0.2, 0.25) is 0 Å². The number of carbonyl (C=O) groups is 2. The van der Waals surface area contributed by atoms with Gasteiger partial charge in [0.25, 0.3) is 0 Å². The maximum atomic E-state index is 15.0. The van der Waals surface area contributed by atoms with Crippen LogP contribution in [0.2, 0.25) is 0 Å². The molecule has 1 heterocycles. The molecule has 0 saturated carbocycles. The number of rotatable bonds is 15. The molecule has 0 fully saturated rings. The highest BCUT2D eigenvalue weighted by Crippen LogP contribution is 2.40. The zero-order valence-corrected chi connectivity index (χ0v) is 34.4. The Kier molecular flexibility index (Phi) is 12.4. The van der Waals surface area contributed by atoms with E-state index in [2.05, 4.69) is 50.4 Å². The smallest absolute Gasteiger partial charge is 0.340 e. The van der Waals surface area contributed by atoms with Gasteiger partial charge in [-0.2, -0.15) is 8.78 Å². The molecule has 1 atom stereocenters. The molecule has 0 aliphatic rings. The molecule has 6 rings (SSSR count). The summed E-state index contributed by atoms with van der Waals surface area (Å²) < 4.78 is 62.0. The first-order valence-corrected chi connectivity index (χ1v) is 19.8. The first-order valence-electron chi connectivity index (χ1n) is 19.8. The maximum Gasteiger partial charge on any atom is 0.340 e. The van der Waals surface area contributed by atoms with E-state index in [-0.39, 0.29) is 22.8 Å². The van der Waals surface area contributed by atoms with E-state index in [1.807, 2.05) is 50.2 Å². The Labute approximate surface area is 336 Å². The fourth-order valence-electron chi connectivity index (χ4n) is 8.03. The lowest BCUT2D eigenvalue weighted by molar-refractivity contribution is -0.148. The number of fused-ring (bicyclic) bond motifs is 5. The van der Waals surface area contributed by atoms with Crippen molar-refractivity contribution in [1.82, 2.24) is 4.57 Å². The molecule has 0 bridgehead atoms. The number of carbonyl (C=O) groups excluding carboxylic acids is 2. The SMILES string of the molecule is CCCCC(CC)Cn1c2ccc(C(=NOC(C)=O)c3ccccc3OCC(F)(F)C(F)F)cc2c2cc(C(=O)c3c(C)c(C)c(C)c(C)c3C)c3ccccc3c21. The van der Waals surface area contributed by atoms with E-state index in [1.54, 1.807) is 12.1 Å². The molecular formula is C48H50F4N2O4. The monoisotopic (exact) mass is 794 g/mol. The van der Waals surface area contributed by atoms with Crippen molar-refractivity contribution >= 4 is 50.0 Å². The van der Waals surface area contributed by atoms with Crippen LogP contribution in [0.3, 0.4) is 0 Å². The highest BCUT2D eigenvalue weighted by Gasteiger charge is 2.42. The highest BCUT2D eigenvalue weighted by molar-refractivity contribution is 6.27. The number of ketones is 1. The highest BCUT2D eigenvalue weighted by atomic mass is 19.3. The number of benzene rings is 5. The third kappa shape index (κ3) is 7.98. The fourth-order valence-corrected chi connectivity index (χ4v) is 8.03. The zero-order chi connectivity index (χ0) is 42.1. The number of hydrogen-bond donors (Lipinski definition) is 0. The van der Waals surface area contributed by atoms with Crippen LogP contribution in [0.15, 0.2) is 78.0 Å². The minimum absolute atomic E-state index is 0.0669. The Balaban J connectivity index is 1.65. The molecule has 0 amide bonds. The first kappa shape index (κ1) is 42.1. The summed E-state index contributed by atoms with van der Waals surface area (Å²) in [5.41, 5.74) is 9.00. The van der Waals surface area contributed by atoms with Gasteiger partial charge in [0.15, 0.2) is 12.4 Å². The minimum atomic E-state index is -4.40. The van der Waals surface area contributed by atoms with Crippen molar-refractivity contribution in [2.24, 2.45) is 11.1 Å². The zero-order valence-electron chi connectivity index (χ0n) is 34.4. The Bertz CT molecular complexity index is 2540. The molecule has 6 aromatic rings. The van der Waals surface area contributed by atoms with Gasteiger partial charge >= 0.3 is 18.3 Å². The van der Waals surface area contributed by atoms with Crippen molar-refractivity contribution in [2.45, 2.75) is 100.0 Å². The van der Waals surface area contributed by atoms with Crippen LogP contribution < -0.4 is 4.74 Å². The van der Waals surface area contributed by atoms with Gasteiger partial charge < -0.3 is 14.1 Å². The lowest BCUT2D eigenvalue weighted by Crippen LogP contribution is -2.34. The van der Waals surface area contributed by atoms with Crippen LogP contribution in [0, 0.1) is 40.5 Å². The number of alkyl halides is 4. The largest absolute Gasteiger partial charge is 0.486 e. The molecule has 1 unspecified atom stereocenters. The number of oxime groups is 1. The number of ether oxygens (including phenoxy) is 1. The summed E-state index contributed by atoms with van der Waals surface area (Å²) in [5, 5.41) is 7.54. The van der Waals surface area contributed by atoms with E-state index < -0.39 is 24.9 Å². The Morgan fingerprint density at radius 1 is 0.776 bits per heavy atom. The standard InChI is InChI=1S/C48H50F4N2O4/c1-9-11-16-33(10-2)25-54-41-22-21-34(44(53-58-32(8)55)37-19-14-15-20-42(37)57-26-48(51,52)47(49)50)23-38(41)39-24-40(35-17-12-13-18-36(35)45(39)54)46(56)43-30(6)28(4)27(3)29(5)31(43)7/h12-15,17-24,33,47H,9-11,16,25-26H2,1-8H3. The van der Waals surface area contributed by atoms with Gasteiger partial charge in [-0.05, 0) is 110 Å². The average Bonchev–Trinajstić information content (AvgIpc) is 3.52. The lowest BCUT2D eigenvalue weighted by atomic mass is 9.84. The molecule has 58 heavy (non-hydrogen) atoms. The van der Waals surface area contributed by atoms with Crippen LogP contribution in [0.4, 0.5) is 17.6 Å². The molecule has 6 nitrogen and oxygen atoms in total. The van der Waals surface area contributed by atoms with Crippen LogP contribution in [0.5, 0.6) is 5.75 Å². The normalized spacial score (nSPS) is 12.9. The second-order valence-corrected chi connectivity index (χ2v) is 15.3. The molecule has 10 heteroatoms.